The van der Waals surface area contributed by atoms with Crippen LogP contribution in [0.2, 0.25) is 0 Å². The lowest BCUT2D eigenvalue weighted by Gasteiger charge is -2.21. The molecule has 0 spiro atoms. The predicted molar refractivity (Wildman–Crippen MR) is 90.3 cm³/mol. The first-order valence-electron chi connectivity index (χ1n) is 7.95. The molecule has 1 aromatic carbocycles. The third-order valence-corrected chi connectivity index (χ3v) is 3.32. The van der Waals surface area contributed by atoms with E-state index in [1.54, 1.807) is 20.8 Å². The summed E-state index contributed by atoms with van der Waals surface area (Å²) < 4.78 is 61.9. The molecular formula is C17H22F4N2O4. The maximum atomic E-state index is 14.3. The van der Waals surface area contributed by atoms with E-state index in [0.29, 0.717) is 0 Å². The number of hydrogen-bond donors (Lipinski definition) is 2. The summed E-state index contributed by atoms with van der Waals surface area (Å²) in [4.78, 5) is 23.7. The highest BCUT2D eigenvalue weighted by atomic mass is 19.3. The molecule has 0 aliphatic carbocycles. The van der Waals surface area contributed by atoms with Crippen molar-refractivity contribution in [3.63, 3.8) is 0 Å². The lowest BCUT2D eigenvalue weighted by atomic mass is 9.98. The summed E-state index contributed by atoms with van der Waals surface area (Å²) in [6.07, 6.45) is -7.14. The molecule has 0 bridgehead atoms. The maximum absolute atomic E-state index is 14.3. The average Bonchev–Trinajstić information content (AvgIpc) is 2.53. The Hall–Kier alpha value is -2.52. The van der Waals surface area contributed by atoms with Gasteiger partial charge in [-0.2, -0.15) is 0 Å². The quantitative estimate of drug-likeness (QED) is 0.566. The Morgan fingerprint density at radius 2 is 1.74 bits per heavy atom. The summed E-state index contributed by atoms with van der Waals surface area (Å²) in [6, 6.07) is 2.00. The summed E-state index contributed by atoms with van der Waals surface area (Å²) in [5.41, 5.74) is -1.08. The van der Waals surface area contributed by atoms with Gasteiger partial charge in [-0.1, -0.05) is 0 Å². The van der Waals surface area contributed by atoms with Crippen LogP contribution >= 0.6 is 0 Å². The Kier molecular flexibility index (Phi) is 7.44. The van der Waals surface area contributed by atoms with Gasteiger partial charge in [-0.05, 0) is 33.8 Å². The molecule has 27 heavy (non-hydrogen) atoms. The standard InChI is InChI=1S/C17H22F4N2O4/c1-8(15(24)23-14(21)13(19)20)9-6-10(18)11(7-12(9)26-5)22-16(25)27-17(2,3)4/h6-8,13-14H,1-5H3,(H,22,25)(H,23,24). The molecule has 0 aromatic heterocycles. The first-order valence-corrected chi connectivity index (χ1v) is 7.95. The van der Waals surface area contributed by atoms with E-state index >= 15 is 0 Å². The second-order valence-corrected chi connectivity index (χ2v) is 6.67. The highest BCUT2D eigenvalue weighted by Gasteiger charge is 2.27. The Bertz CT molecular complexity index is 692. The van der Waals surface area contributed by atoms with Gasteiger partial charge in [0.2, 0.25) is 12.2 Å². The van der Waals surface area contributed by atoms with Crippen LogP contribution in [0.5, 0.6) is 5.75 Å². The lowest BCUT2D eigenvalue weighted by molar-refractivity contribution is -0.126. The minimum absolute atomic E-state index is 0.00226. The Balaban J connectivity index is 3.05. The minimum Gasteiger partial charge on any atom is -0.496 e. The fraction of sp³-hybridized carbons (Fsp3) is 0.529. The number of methoxy groups -OCH3 is 1. The van der Waals surface area contributed by atoms with Crippen LogP contribution in [0.4, 0.5) is 28.0 Å². The molecule has 0 radical (unpaired) electrons. The van der Waals surface area contributed by atoms with Crippen molar-refractivity contribution in [2.75, 3.05) is 12.4 Å². The molecular weight excluding hydrogens is 372 g/mol. The minimum atomic E-state index is -3.39. The first kappa shape index (κ1) is 22.5. The molecule has 0 fully saturated rings. The van der Waals surface area contributed by atoms with Crippen molar-refractivity contribution in [1.29, 1.82) is 0 Å². The number of nitrogens with one attached hydrogen (secondary N) is 2. The van der Waals surface area contributed by atoms with Gasteiger partial charge in [0.15, 0.2) is 0 Å². The van der Waals surface area contributed by atoms with E-state index in [1.807, 2.05) is 0 Å². The van der Waals surface area contributed by atoms with Gasteiger partial charge in [0, 0.05) is 11.6 Å². The van der Waals surface area contributed by atoms with Gasteiger partial charge in [0.25, 0.3) is 6.43 Å². The molecule has 1 aromatic rings. The summed E-state index contributed by atoms with van der Waals surface area (Å²) in [5, 5.41) is 3.71. The van der Waals surface area contributed by atoms with Crippen LogP contribution in [0.15, 0.2) is 12.1 Å². The number of alkyl halides is 3. The number of hydrogen-bond acceptors (Lipinski definition) is 4. The number of anilines is 1. The van der Waals surface area contributed by atoms with Gasteiger partial charge in [0.05, 0.1) is 18.7 Å². The second kappa shape index (κ2) is 8.92. The van der Waals surface area contributed by atoms with Crippen molar-refractivity contribution in [3.8, 4) is 5.75 Å². The monoisotopic (exact) mass is 394 g/mol. The number of rotatable bonds is 6. The molecule has 0 heterocycles. The van der Waals surface area contributed by atoms with Gasteiger partial charge in [-0.3, -0.25) is 10.1 Å². The Morgan fingerprint density at radius 1 is 1.15 bits per heavy atom. The van der Waals surface area contributed by atoms with Crippen molar-refractivity contribution in [2.45, 2.75) is 51.9 Å². The molecule has 152 valence electrons. The van der Waals surface area contributed by atoms with Crippen molar-refractivity contribution < 1.29 is 36.6 Å². The van der Waals surface area contributed by atoms with Crippen LogP contribution in [-0.4, -0.2) is 37.4 Å². The van der Waals surface area contributed by atoms with Gasteiger partial charge in [-0.15, -0.1) is 0 Å². The number of ether oxygens (including phenoxy) is 2. The van der Waals surface area contributed by atoms with Crippen molar-refractivity contribution >= 4 is 17.7 Å². The molecule has 0 aliphatic heterocycles. The second-order valence-electron chi connectivity index (χ2n) is 6.67. The topological polar surface area (TPSA) is 76.7 Å². The van der Waals surface area contributed by atoms with E-state index in [2.05, 4.69) is 5.32 Å². The Labute approximate surface area is 154 Å². The normalized spacial score (nSPS) is 13.7. The fourth-order valence-electron chi connectivity index (χ4n) is 2.06. The largest absolute Gasteiger partial charge is 0.496 e. The van der Waals surface area contributed by atoms with Gasteiger partial charge >= 0.3 is 6.09 Å². The third kappa shape index (κ3) is 6.61. The van der Waals surface area contributed by atoms with Crippen LogP contribution in [0.1, 0.15) is 39.2 Å². The van der Waals surface area contributed by atoms with E-state index in [0.717, 1.165) is 12.1 Å². The van der Waals surface area contributed by atoms with Crippen LogP contribution in [-0.2, 0) is 9.53 Å². The molecule has 6 nitrogen and oxygen atoms in total. The SMILES string of the molecule is COc1cc(NC(=O)OC(C)(C)C)c(F)cc1C(C)C(=O)NC(F)C(F)F. The molecule has 0 aliphatic rings. The van der Waals surface area contributed by atoms with Crippen LogP contribution in [0, 0.1) is 5.82 Å². The maximum Gasteiger partial charge on any atom is 0.412 e. The fourth-order valence-corrected chi connectivity index (χ4v) is 2.06. The summed E-state index contributed by atoms with van der Waals surface area (Å²) >= 11 is 0. The molecule has 10 heteroatoms. The zero-order valence-electron chi connectivity index (χ0n) is 15.5. The zero-order valence-corrected chi connectivity index (χ0v) is 15.5. The van der Waals surface area contributed by atoms with Crippen molar-refractivity contribution in [3.05, 3.63) is 23.5 Å². The lowest BCUT2D eigenvalue weighted by Crippen LogP contribution is -2.39. The van der Waals surface area contributed by atoms with E-state index in [9.17, 15) is 27.2 Å². The number of benzene rings is 1. The van der Waals surface area contributed by atoms with E-state index in [-0.39, 0.29) is 17.0 Å². The number of halogens is 4. The highest BCUT2D eigenvalue weighted by molar-refractivity contribution is 5.87. The molecule has 2 N–H and O–H groups in total. The molecule has 2 atom stereocenters. The van der Waals surface area contributed by atoms with Crippen molar-refractivity contribution in [1.82, 2.24) is 5.32 Å². The molecule has 2 amide bonds. The summed E-state index contributed by atoms with van der Waals surface area (Å²) in [7, 11) is 1.23. The van der Waals surface area contributed by atoms with Gasteiger partial charge in [-0.25, -0.2) is 22.4 Å². The molecule has 0 saturated heterocycles. The van der Waals surface area contributed by atoms with Gasteiger partial charge in [0.1, 0.15) is 17.2 Å². The highest BCUT2D eigenvalue weighted by Crippen LogP contribution is 2.32. The van der Waals surface area contributed by atoms with E-state index in [1.165, 1.54) is 19.4 Å². The third-order valence-electron chi connectivity index (χ3n) is 3.32. The average molecular weight is 394 g/mol. The van der Waals surface area contributed by atoms with Crippen LogP contribution < -0.4 is 15.4 Å². The van der Waals surface area contributed by atoms with Crippen LogP contribution in [0.25, 0.3) is 0 Å². The predicted octanol–water partition coefficient (Wildman–Crippen LogP) is 3.96. The molecule has 1 rings (SSSR count). The Morgan fingerprint density at radius 3 is 2.22 bits per heavy atom. The summed E-state index contributed by atoms with van der Waals surface area (Å²) in [5.74, 6) is -3.19. The zero-order chi connectivity index (χ0) is 20.9. The van der Waals surface area contributed by atoms with Gasteiger partial charge < -0.3 is 14.8 Å². The summed E-state index contributed by atoms with van der Waals surface area (Å²) in [6.45, 7) is 6.16. The smallest absolute Gasteiger partial charge is 0.412 e. The van der Waals surface area contributed by atoms with Crippen molar-refractivity contribution in [2.24, 2.45) is 0 Å². The number of amides is 2. The number of carbonyl (C=O) groups excluding carboxylic acids is 2. The number of carbonyl (C=O) groups is 2. The molecule has 0 saturated carbocycles. The van der Waals surface area contributed by atoms with E-state index < -0.39 is 42.1 Å². The van der Waals surface area contributed by atoms with E-state index in [4.69, 9.17) is 9.47 Å². The first-order chi connectivity index (χ1) is 12.4. The van der Waals surface area contributed by atoms with Crippen LogP contribution in [0.3, 0.4) is 0 Å². The molecule has 2 unspecified atom stereocenters.